The predicted molar refractivity (Wildman–Crippen MR) is 242 cm³/mol. The number of pyridine rings is 2. The third kappa shape index (κ3) is 34.0. The summed E-state index contributed by atoms with van der Waals surface area (Å²) in [5, 5.41) is 7.58. The molecule has 4 aromatic rings. The largest absolute Gasteiger partial charge is 1.00 e. The summed E-state index contributed by atoms with van der Waals surface area (Å²) in [4.78, 5) is 8.44. The minimum absolute atomic E-state index is 0. The zero-order valence-corrected chi connectivity index (χ0v) is 42.9. The first kappa shape index (κ1) is 67.2. The van der Waals surface area contributed by atoms with Gasteiger partial charge in [0.2, 0.25) is 0 Å². The van der Waals surface area contributed by atoms with Crippen LogP contribution in [0.3, 0.4) is 0 Å². The summed E-state index contributed by atoms with van der Waals surface area (Å²) in [5.74, 6) is -0.512. The van der Waals surface area contributed by atoms with Gasteiger partial charge in [-0.2, -0.15) is 0 Å². The van der Waals surface area contributed by atoms with Crippen molar-refractivity contribution in [3.63, 3.8) is 0 Å². The number of aromatic nitrogens is 2. The Morgan fingerprint density at radius 3 is 1.31 bits per heavy atom. The van der Waals surface area contributed by atoms with Gasteiger partial charge in [-0.05, 0) is 82.1 Å². The third-order valence-corrected chi connectivity index (χ3v) is 10.6. The van der Waals surface area contributed by atoms with Gasteiger partial charge in [0.05, 0.1) is 38.3 Å². The molecule has 0 bridgehead atoms. The van der Waals surface area contributed by atoms with Crippen molar-refractivity contribution < 1.29 is 86.1 Å². The van der Waals surface area contributed by atoms with Crippen molar-refractivity contribution in [1.29, 1.82) is 0 Å². The molecule has 0 atom stereocenters. The van der Waals surface area contributed by atoms with E-state index in [1.165, 1.54) is 24.3 Å². The Balaban J connectivity index is -0.000000364. The van der Waals surface area contributed by atoms with Crippen molar-refractivity contribution in [1.82, 2.24) is 15.3 Å². The summed E-state index contributed by atoms with van der Waals surface area (Å²) >= 11 is 5.25. The minimum Gasteiger partial charge on any atom is -1.00 e. The van der Waals surface area contributed by atoms with E-state index in [0.29, 0.717) is 56.3 Å². The first-order valence-corrected chi connectivity index (χ1v) is 24.2. The van der Waals surface area contributed by atoms with E-state index in [9.17, 15) is 17.9 Å². The standard InChI is InChI=1S/C16H19FNO3P.C12H10FN.C6H15N.C6H14N.C4H10ClO3P.ClH.2Li/c1-3-20-22(19,21-4-2)12-16-9-8-14(11-18-16)13-6-5-7-15(17)10-13;1-9-5-6-11(8-14-9)10-3-2-4-12(13)7-10;2*1-5(2)7-6(3)4;1-3-7-9(5,6)8-4-2;;;/h5-11H,3-4,12H2,1-2H3;2-8H,1H3;5-7H,1-4H3;5-6H,1-4H3;3-4H2,1-2H3;1H;;/q;;;-1;;;2*+1/p-1. The van der Waals surface area contributed by atoms with Crippen molar-refractivity contribution in [3.8, 4) is 22.3 Å². The minimum atomic E-state index is -3.22. The number of nitrogens with one attached hydrogen (secondary N) is 1. The molecular formula is C44H68Cl2F2Li2N4O6P2. The smallest absolute Gasteiger partial charge is 1.00 e. The molecule has 18 heteroatoms. The number of hydrogen-bond acceptors (Lipinski definition) is 9. The second-order valence-electron chi connectivity index (χ2n) is 13.9. The molecule has 0 aliphatic heterocycles. The number of nitrogens with zero attached hydrogens (tertiary/aromatic N) is 3. The number of hydrogen-bond donors (Lipinski definition) is 1. The predicted octanol–water partition coefficient (Wildman–Crippen LogP) is 4.84. The molecule has 0 saturated heterocycles. The summed E-state index contributed by atoms with van der Waals surface area (Å²) in [5.41, 5.74) is 4.92. The van der Waals surface area contributed by atoms with Crippen molar-refractivity contribution >= 4 is 25.8 Å². The molecule has 0 spiro atoms. The van der Waals surface area contributed by atoms with Gasteiger partial charge in [-0.3, -0.25) is 23.6 Å². The van der Waals surface area contributed by atoms with Gasteiger partial charge in [-0.25, -0.2) is 13.3 Å². The quantitative estimate of drug-likeness (QED) is 0.124. The molecule has 0 saturated carbocycles. The molecule has 0 amide bonds. The fourth-order valence-electron chi connectivity index (χ4n) is 4.99. The molecule has 0 aliphatic rings. The van der Waals surface area contributed by atoms with Crippen LogP contribution < -0.4 is 55.4 Å². The Labute approximate surface area is 407 Å². The Bertz CT molecular complexity index is 1760. The van der Waals surface area contributed by atoms with Crippen molar-refractivity contribution in [2.75, 3.05) is 26.4 Å². The van der Waals surface area contributed by atoms with Gasteiger partial charge in [-0.1, -0.05) is 91.8 Å². The summed E-state index contributed by atoms with van der Waals surface area (Å²) in [6, 6.07) is 22.5. The van der Waals surface area contributed by atoms with E-state index in [1.807, 2.05) is 37.3 Å². The fraction of sp³-hybridized carbons (Fsp3) is 0.500. The summed E-state index contributed by atoms with van der Waals surface area (Å²) in [6.45, 7) is 23.9. The Morgan fingerprint density at radius 2 is 1.03 bits per heavy atom. The normalized spacial score (nSPS) is 10.6. The van der Waals surface area contributed by atoms with E-state index in [1.54, 1.807) is 58.3 Å². The average molecular weight is 934 g/mol. The molecule has 0 aliphatic carbocycles. The first-order valence-electron chi connectivity index (χ1n) is 20.0. The van der Waals surface area contributed by atoms with E-state index in [0.717, 1.165) is 27.9 Å². The van der Waals surface area contributed by atoms with E-state index in [-0.39, 0.29) is 67.9 Å². The summed E-state index contributed by atoms with van der Waals surface area (Å²) < 4.78 is 69.0. The van der Waals surface area contributed by atoms with Crippen LogP contribution in [0.15, 0.2) is 85.2 Å². The van der Waals surface area contributed by atoms with Gasteiger partial charge >= 0.3 is 52.3 Å². The van der Waals surface area contributed by atoms with Gasteiger partial charge in [-0.15, -0.1) is 12.1 Å². The van der Waals surface area contributed by atoms with Gasteiger partial charge < -0.3 is 32.1 Å². The molecule has 0 unspecified atom stereocenters. The zero-order chi connectivity index (χ0) is 45.0. The van der Waals surface area contributed by atoms with E-state index >= 15 is 0 Å². The Hall–Kier alpha value is -1.41. The Kier molecular flexibility index (Phi) is 40.9. The molecule has 2 aromatic carbocycles. The van der Waals surface area contributed by atoms with Gasteiger partial charge in [0.25, 0.3) is 0 Å². The molecule has 4 rings (SSSR count). The maximum atomic E-state index is 13.2. The van der Waals surface area contributed by atoms with Crippen LogP contribution in [-0.2, 0) is 33.4 Å². The van der Waals surface area contributed by atoms with Gasteiger partial charge in [0.1, 0.15) is 11.6 Å². The summed E-state index contributed by atoms with van der Waals surface area (Å²) in [7, 11) is -3.16. The molecule has 1 N–H and O–H groups in total. The van der Waals surface area contributed by atoms with Crippen molar-refractivity contribution in [2.45, 2.75) is 120 Å². The number of rotatable bonds is 16. The van der Waals surface area contributed by atoms with Crippen LogP contribution in [0.1, 0.15) is 94.5 Å². The van der Waals surface area contributed by atoms with Crippen LogP contribution >= 0.6 is 25.8 Å². The van der Waals surface area contributed by atoms with Crippen molar-refractivity contribution in [2.24, 2.45) is 0 Å². The Morgan fingerprint density at radius 1 is 0.629 bits per heavy atom. The van der Waals surface area contributed by atoms with Gasteiger partial charge in [0.15, 0.2) is 0 Å². The molecule has 62 heavy (non-hydrogen) atoms. The second kappa shape index (κ2) is 37.8. The molecule has 340 valence electrons. The fourth-order valence-corrected chi connectivity index (χ4v) is 7.90. The van der Waals surface area contributed by atoms with Crippen LogP contribution in [0.4, 0.5) is 8.78 Å². The van der Waals surface area contributed by atoms with Crippen molar-refractivity contribution in [3.05, 3.63) is 114 Å². The SMILES string of the molecule is CC(C)NC(C)C.CC(C)[N-]C(C)C.CCOP(=O)(Cc1ccc(-c2cccc(F)c2)cn1)OCC.CCOP(=O)(Cl)OCC.Cc1ccc(-c2cccc(F)c2)cn1.[Cl-].[Li+].[Li+]. The van der Waals surface area contributed by atoms with Crippen LogP contribution in [-0.4, -0.2) is 60.6 Å². The number of aryl methyl sites for hydroxylation is 1. The van der Waals surface area contributed by atoms with E-state index in [2.05, 4.69) is 85.0 Å². The van der Waals surface area contributed by atoms with E-state index < -0.39 is 14.5 Å². The monoisotopic (exact) mass is 932 g/mol. The summed E-state index contributed by atoms with van der Waals surface area (Å²) in [6.07, 6.45) is 3.51. The third-order valence-electron chi connectivity index (χ3n) is 6.89. The number of benzene rings is 2. The zero-order valence-electron chi connectivity index (χ0n) is 39.6. The first-order chi connectivity index (χ1) is 27.7. The van der Waals surface area contributed by atoms with Crippen LogP contribution in [0.2, 0.25) is 0 Å². The van der Waals surface area contributed by atoms with Gasteiger partial charge in [0, 0.05) is 52.5 Å². The molecule has 2 heterocycles. The van der Waals surface area contributed by atoms with Crippen LogP contribution in [0.25, 0.3) is 27.6 Å². The topological polar surface area (TPSA) is 123 Å². The van der Waals surface area contributed by atoms with E-state index in [4.69, 9.17) is 20.3 Å². The molecule has 2 aromatic heterocycles. The second-order valence-corrected chi connectivity index (χ2v) is 18.6. The average Bonchev–Trinajstić information content (AvgIpc) is 3.12. The molecule has 0 fully saturated rings. The van der Waals surface area contributed by atoms with Crippen LogP contribution in [0.5, 0.6) is 0 Å². The maximum absolute atomic E-state index is 13.2. The molecule has 0 radical (unpaired) electrons. The maximum Gasteiger partial charge on any atom is 1.00 e. The number of halogens is 4. The molecule has 10 nitrogen and oxygen atoms in total. The van der Waals surface area contributed by atoms with Crippen LogP contribution in [0, 0.1) is 18.6 Å². The molecular weight excluding hydrogens is 865 g/mol.